The molecule has 1 unspecified atom stereocenters. The number of hydrogen-bond donors (Lipinski definition) is 1. The Hall–Kier alpha value is -2.35. The van der Waals surface area contributed by atoms with Gasteiger partial charge in [0.15, 0.2) is 5.82 Å². The van der Waals surface area contributed by atoms with Crippen molar-refractivity contribution in [3.05, 3.63) is 23.5 Å². The van der Waals surface area contributed by atoms with E-state index in [4.69, 9.17) is 14.2 Å². The van der Waals surface area contributed by atoms with Crippen LogP contribution in [0.1, 0.15) is 17.5 Å². The zero-order valence-corrected chi connectivity index (χ0v) is 12.4. The van der Waals surface area contributed by atoms with Gasteiger partial charge in [-0.2, -0.15) is 4.80 Å². The van der Waals surface area contributed by atoms with E-state index in [0.29, 0.717) is 28.6 Å². The lowest BCUT2D eigenvalue weighted by Crippen LogP contribution is -2.08. The molecule has 0 bridgehead atoms. The Labute approximate surface area is 122 Å². The molecule has 0 saturated heterocycles. The largest absolute Gasteiger partial charge is 0.496 e. The monoisotopic (exact) mass is 294 g/mol. The quantitative estimate of drug-likeness (QED) is 0.830. The van der Waals surface area contributed by atoms with Crippen LogP contribution in [0.2, 0.25) is 0 Å². The molecular formula is C13H18N4O4. The Bertz CT molecular complexity index is 589. The maximum absolute atomic E-state index is 10.5. The number of aryl methyl sites for hydroxylation is 1. The number of hydrogen-bond acceptors (Lipinski definition) is 7. The average Bonchev–Trinajstić information content (AvgIpc) is 2.90. The molecule has 0 saturated carbocycles. The standard InChI is InChI=1S/C13H18N4O4/c1-17-15-12(14-16-17)7-9(18)13-10(20-3)5-8(19-2)6-11(13)21-4/h5-6,9,18H,7H2,1-4H3. The number of nitrogens with zero attached hydrogens (tertiary/aromatic N) is 4. The van der Waals surface area contributed by atoms with Crippen LogP contribution in [0.4, 0.5) is 0 Å². The molecule has 1 aromatic carbocycles. The Morgan fingerprint density at radius 1 is 1.14 bits per heavy atom. The Balaban J connectivity index is 2.36. The van der Waals surface area contributed by atoms with Crippen LogP contribution >= 0.6 is 0 Å². The normalized spacial score (nSPS) is 12.0. The van der Waals surface area contributed by atoms with E-state index in [2.05, 4.69) is 15.4 Å². The molecule has 0 spiro atoms. The zero-order valence-electron chi connectivity index (χ0n) is 12.4. The molecular weight excluding hydrogens is 276 g/mol. The highest BCUT2D eigenvalue weighted by molar-refractivity contribution is 5.52. The van der Waals surface area contributed by atoms with E-state index in [-0.39, 0.29) is 6.42 Å². The van der Waals surface area contributed by atoms with Gasteiger partial charge in [0.25, 0.3) is 0 Å². The number of methoxy groups -OCH3 is 3. The van der Waals surface area contributed by atoms with Crippen LogP contribution in [0, 0.1) is 0 Å². The molecule has 1 N–H and O–H groups in total. The van der Waals surface area contributed by atoms with E-state index in [9.17, 15) is 5.11 Å². The smallest absolute Gasteiger partial charge is 0.177 e. The van der Waals surface area contributed by atoms with Crippen LogP contribution in [0.3, 0.4) is 0 Å². The summed E-state index contributed by atoms with van der Waals surface area (Å²) in [6.07, 6.45) is -0.683. The van der Waals surface area contributed by atoms with Crippen LogP contribution in [0.25, 0.3) is 0 Å². The first-order valence-corrected chi connectivity index (χ1v) is 6.29. The van der Waals surface area contributed by atoms with Crippen molar-refractivity contribution in [3.8, 4) is 17.2 Å². The molecule has 0 radical (unpaired) electrons. The molecule has 2 rings (SSSR count). The Morgan fingerprint density at radius 3 is 2.19 bits per heavy atom. The van der Waals surface area contributed by atoms with E-state index < -0.39 is 6.10 Å². The van der Waals surface area contributed by atoms with Crippen molar-refractivity contribution in [1.82, 2.24) is 20.2 Å². The van der Waals surface area contributed by atoms with Gasteiger partial charge in [0.2, 0.25) is 0 Å². The second-order valence-corrected chi connectivity index (χ2v) is 4.36. The number of aliphatic hydroxyl groups excluding tert-OH is 1. The molecule has 21 heavy (non-hydrogen) atoms. The van der Waals surface area contributed by atoms with E-state index >= 15 is 0 Å². The van der Waals surface area contributed by atoms with Crippen LogP contribution in [-0.2, 0) is 13.5 Å². The minimum Gasteiger partial charge on any atom is -0.496 e. The summed E-state index contributed by atoms with van der Waals surface area (Å²) in [5.74, 6) is 1.97. The Morgan fingerprint density at radius 2 is 1.76 bits per heavy atom. The van der Waals surface area contributed by atoms with E-state index in [1.165, 1.54) is 19.0 Å². The number of aliphatic hydroxyl groups is 1. The third-order valence-electron chi connectivity index (χ3n) is 3.01. The summed E-state index contributed by atoms with van der Waals surface area (Å²) in [7, 11) is 6.25. The second kappa shape index (κ2) is 6.40. The summed E-state index contributed by atoms with van der Waals surface area (Å²) in [5, 5.41) is 22.1. The number of ether oxygens (including phenoxy) is 3. The first-order chi connectivity index (χ1) is 10.1. The molecule has 0 aliphatic rings. The molecule has 1 atom stereocenters. The summed E-state index contributed by atoms with van der Waals surface area (Å²) < 4.78 is 15.8. The van der Waals surface area contributed by atoms with Gasteiger partial charge in [-0.3, -0.25) is 0 Å². The van der Waals surface area contributed by atoms with Crippen molar-refractivity contribution in [1.29, 1.82) is 0 Å². The number of aromatic nitrogens is 4. The molecule has 0 fully saturated rings. The zero-order chi connectivity index (χ0) is 15.4. The summed E-state index contributed by atoms with van der Waals surface area (Å²) in [4.78, 5) is 1.34. The fourth-order valence-electron chi connectivity index (χ4n) is 2.04. The van der Waals surface area contributed by atoms with Crippen LogP contribution in [-0.4, -0.2) is 46.6 Å². The average molecular weight is 294 g/mol. The van der Waals surface area contributed by atoms with Crippen molar-refractivity contribution in [3.63, 3.8) is 0 Å². The van der Waals surface area contributed by atoms with Crippen molar-refractivity contribution < 1.29 is 19.3 Å². The van der Waals surface area contributed by atoms with Crippen molar-refractivity contribution in [2.75, 3.05) is 21.3 Å². The lowest BCUT2D eigenvalue weighted by atomic mass is 10.0. The van der Waals surface area contributed by atoms with E-state index in [1.807, 2.05) is 0 Å². The lowest BCUT2D eigenvalue weighted by molar-refractivity contribution is 0.166. The van der Waals surface area contributed by atoms with Crippen molar-refractivity contribution in [2.45, 2.75) is 12.5 Å². The predicted molar refractivity (Wildman–Crippen MR) is 73.6 cm³/mol. The molecule has 2 aromatic rings. The minimum atomic E-state index is -0.884. The third-order valence-corrected chi connectivity index (χ3v) is 3.01. The lowest BCUT2D eigenvalue weighted by Gasteiger charge is -2.18. The van der Waals surface area contributed by atoms with Gasteiger partial charge in [0, 0.05) is 18.6 Å². The summed E-state index contributed by atoms with van der Waals surface area (Å²) >= 11 is 0. The molecule has 0 amide bonds. The van der Waals surface area contributed by atoms with Crippen LogP contribution in [0.15, 0.2) is 12.1 Å². The minimum absolute atomic E-state index is 0.201. The SMILES string of the molecule is COc1cc(OC)c(C(O)Cc2nnn(C)n2)c(OC)c1. The van der Waals surface area contributed by atoms with Gasteiger partial charge < -0.3 is 19.3 Å². The first-order valence-electron chi connectivity index (χ1n) is 6.29. The molecule has 0 aliphatic heterocycles. The maximum Gasteiger partial charge on any atom is 0.177 e. The molecule has 0 aliphatic carbocycles. The highest BCUT2D eigenvalue weighted by atomic mass is 16.5. The molecule has 8 heteroatoms. The van der Waals surface area contributed by atoms with E-state index in [1.54, 1.807) is 26.3 Å². The first kappa shape index (κ1) is 15.0. The summed E-state index contributed by atoms with van der Waals surface area (Å²) in [5.41, 5.74) is 0.522. The number of tetrazole rings is 1. The molecule has 114 valence electrons. The molecule has 8 nitrogen and oxygen atoms in total. The maximum atomic E-state index is 10.5. The second-order valence-electron chi connectivity index (χ2n) is 4.36. The van der Waals surface area contributed by atoms with Gasteiger partial charge >= 0.3 is 0 Å². The topological polar surface area (TPSA) is 91.5 Å². The summed E-state index contributed by atoms with van der Waals surface area (Å²) in [6, 6.07) is 3.37. The fourth-order valence-corrected chi connectivity index (χ4v) is 2.04. The highest BCUT2D eigenvalue weighted by Crippen LogP contribution is 2.39. The third kappa shape index (κ3) is 3.22. The van der Waals surface area contributed by atoms with Crippen molar-refractivity contribution in [2.24, 2.45) is 7.05 Å². The number of rotatable bonds is 6. The Kier molecular flexibility index (Phi) is 4.59. The number of benzene rings is 1. The van der Waals surface area contributed by atoms with E-state index in [0.717, 1.165) is 0 Å². The van der Waals surface area contributed by atoms with Gasteiger partial charge in [0.05, 0.1) is 40.0 Å². The van der Waals surface area contributed by atoms with Gasteiger partial charge in [-0.15, -0.1) is 10.2 Å². The van der Waals surface area contributed by atoms with Gasteiger partial charge in [-0.05, 0) is 5.21 Å². The highest BCUT2D eigenvalue weighted by Gasteiger charge is 2.22. The summed E-state index contributed by atoms with van der Waals surface area (Å²) in [6.45, 7) is 0. The molecule has 1 aromatic heterocycles. The molecule has 1 heterocycles. The van der Waals surface area contributed by atoms with Gasteiger partial charge in [-0.1, -0.05) is 0 Å². The van der Waals surface area contributed by atoms with Crippen LogP contribution in [0.5, 0.6) is 17.2 Å². The van der Waals surface area contributed by atoms with Gasteiger partial charge in [0.1, 0.15) is 17.2 Å². The van der Waals surface area contributed by atoms with Crippen molar-refractivity contribution >= 4 is 0 Å². The van der Waals surface area contributed by atoms with Gasteiger partial charge in [-0.25, -0.2) is 0 Å². The fraction of sp³-hybridized carbons (Fsp3) is 0.462. The van der Waals surface area contributed by atoms with Crippen LogP contribution < -0.4 is 14.2 Å². The predicted octanol–water partition coefficient (Wildman–Crippen LogP) is 0.512.